The van der Waals surface area contributed by atoms with E-state index in [4.69, 9.17) is 22.1 Å². The predicted octanol–water partition coefficient (Wildman–Crippen LogP) is 1.93. The highest BCUT2D eigenvalue weighted by molar-refractivity contribution is 6.29. The van der Waals surface area contributed by atoms with E-state index in [1.54, 1.807) is 12.1 Å². The van der Waals surface area contributed by atoms with E-state index in [-0.39, 0.29) is 12.2 Å². The lowest BCUT2D eigenvalue weighted by atomic mass is 10.2. The molecule has 0 spiro atoms. The van der Waals surface area contributed by atoms with E-state index in [1.807, 2.05) is 13.8 Å². The zero-order valence-corrected chi connectivity index (χ0v) is 10.2. The topological polar surface area (TPSA) is 51.4 Å². The molecular formula is C11H16ClN3O. The Hall–Kier alpha value is -1.00. The van der Waals surface area contributed by atoms with Crippen molar-refractivity contribution in [2.75, 3.05) is 23.7 Å². The van der Waals surface area contributed by atoms with Gasteiger partial charge in [-0.25, -0.2) is 4.98 Å². The summed E-state index contributed by atoms with van der Waals surface area (Å²) < 4.78 is 5.66. The maximum absolute atomic E-state index is 5.91. The molecule has 2 unspecified atom stereocenters. The number of nitrogens with zero attached hydrogens (tertiary/aromatic N) is 2. The molecule has 0 amide bonds. The van der Waals surface area contributed by atoms with Crippen LogP contribution < -0.4 is 10.6 Å². The summed E-state index contributed by atoms with van der Waals surface area (Å²) in [5.74, 6) is 0.759. The number of nitrogen functional groups attached to an aromatic ring is 1. The maximum atomic E-state index is 5.91. The minimum atomic E-state index is 0.184. The third-order valence-electron chi connectivity index (χ3n) is 2.59. The first kappa shape index (κ1) is 11.5. The number of pyridine rings is 1. The van der Waals surface area contributed by atoms with Crippen molar-refractivity contribution < 1.29 is 4.74 Å². The fraction of sp³-hybridized carbons (Fsp3) is 0.545. The average molecular weight is 242 g/mol. The van der Waals surface area contributed by atoms with Crippen molar-refractivity contribution in [2.45, 2.75) is 26.1 Å². The van der Waals surface area contributed by atoms with E-state index in [9.17, 15) is 0 Å². The lowest BCUT2D eigenvalue weighted by Gasteiger charge is -2.36. The van der Waals surface area contributed by atoms with Crippen molar-refractivity contribution in [2.24, 2.45) is 0 Å². The number of nitrogens with two attached hydrogens (primary N) is 1. The van der Waals surface area contributed by atoms with Gasteiger partial charge in [0.15, 0.2) is 5.82 Å². The Morgan fingerprint density at radius 2 is 2.00 bits per heavy atom. The van der Waals surface area contributed by atoms with Gasteiger partial charge >= 0.3 is 0 Å². The molecule has 88 valence electrons. The van der Waals surface area contributed by atoms with Gasteiger partial charge < -0.3 is 15.4 Å². The molecule has 2 atom stereocenters. The van der Waals surface area contributed by atoms with Crippen LogP contribution in [0.3, 0.4) is 0 Å². The van der Waals surface area contributed by atoms with Gasteiger partial charge in [-0.15, -0.1) is 0 Å². The fourth-order valence-corrected chi connectivity index (χ4v) is 2.18. The Morgan fingerprint density at radius 1 is 1.38 bits per heavy atom. The van der Waals surface area contributed by atoms with Gasteiger partial charge in [-0.05, 0) is 26.0 Å². The lowest BCUT2D eigenvalue weighted by Crippen LogP contribution is -2.46. The highest BCUT2D eigenvalue weighted by Crippen LogP contribution is 2.25. The number of rotatable bonds is 1. The molecule has 1 saturated heterocycles. The van der Waals surface area contributed by atoms with Gasteiger partial charge in [0.2, 0.25) is 0 Å². The number of hydrogen-bond donors (Lipinski definition) is 1. The van der Waals surface area contributed by atoms with Crippen LogP contribution in [0.25, 0.3) is 0 Å². The van der Waals surface area contributed by atoms with Crippen molar-refractivity contribution >= 4 is 23.1 Å². The summed E-state index contributed by atoms with van der Waals surface area (Å²) in [5.41, 5.74) is 6.57. The van der Waals surface area contributed by atoms with Gasteiger partial charge in [0.1, 0.15) is 5.15 Å². The van der Waals surface area contributed by atoms with Crippen molar-refractivity contribution in [1.29, 1.82) is 0 Å². The second-order valence-corrected chi connectivity index (χ2v) is 4.60. The third kappa shape index (κ3) is 2.39. The summed E-state index contributed by atoms with van der Waals surface area (Å²) >= 11 is 5.88. The van der Waals surface area contributed by atoms with E-state index in [2.05, 4.69) is 9.88 Å². The highest BCUT2D eigenvalue weighted by Gasteiger charge is 2.24. The molecule has 1 aliphatic heterocycles. The molecule has 0 bridgehead atoms. The van der Waals surface area contributed by atoms with Crippen LogP contribution in [-0.2, 0) is 4.74 Å². The van der Waals surface area contributed by atoms with E-state index in [0.717, 1.165) is 18.9 Å². The van der Waals surface area contributed by atoms with Gasteiger partial charge in [0.05, 0.1) is 17.9 Å². The van der Waals surface area contributed by atoms with Crippen LogP contribution in [0.4, 0.5) is 11.5 Å². The SMILES string of the molecule is CC1CN(c2nc(Cl)ccc2N)CC(C)O1. The average Bonchev–Trinajstić information content (AvgIpc) is 2.20. The number of aromatic nitrogens is 1. The minimum Gasteiger partial charge on any atom is -0.396 e. The van der Waals surface area contributed by atoms with Crippen molar-refractivity contribution in [1.82, 2.24) is 4.98 Å². The van der Waals surface area contributed by atoms with E-state index >= 15 is 0 Å². The van der Waals surface area contributed by atoms with Gasteiger partial charge in [-0.2, -0.15) is 0 Å². The van der Waals surface area contributed by atoms with Crippen LogP contribution in [0.1, 0.15) is 13.8 Å². The summed E-state index contributed by atoms with van der Waals surface area (Å²) in [5, 5.41) is 0.469. The van der Waals surface area contributed by atoms with E-state index in [1.165, 1.54) is 0 Å². The van der Waals surface area contributed by atoms with Gasteiger partial charge in [-0.1, -0.05) is 11.6 Å². The molecule has 0 aliphatic carbocycles. The summed E-state index contributed by atoms with van der Waals surface area (Å²) in [4.78, 5) is 6.40. The lowest BCUT2D eigenvalue weighted by molar-refractivity contribution is -0.00540. The molecule has 1 aliphatic rings. The highest BCUT2D eigenvalue weighted by atomic mass is 35.5. The Balaban J connectivity index is 2.25. The molecule has 16 heavy (non-hydrogen) atoms. The number of morpholine rings is 1. The smallest absolute Gasteiger partial charge is 0.153 e. The predicted molar refractivity (Wildman–Crippen MR) is 65.9 cm³/mol. The number of anilines is 2. The van der Waals surface area contributed by atoms with Crippen LogP contribution in [0.15, 0.2) is 12.1 Å². The normalized spacial score (nSPS) is 25.8. The van der Waals surface area contributed by atoms with Gasteiger partial charge in [0, 0.05) is 13.1 Å². The summed E-state index contributed by atoms with van der Waals surface area (Å²) in [6.45, 7) is 5.68. The van der Waals surface area contributed by atoms with Crippen LogP contribution in [0.5, 0.6) is 0 Å². The molecule has 0 saturated carbocycles. The van der Waals surface area contributed by atoms with Crippen LogP contribution in [0, 0.1) is 0 Å². The minimum absolute atomic E-state index is 0.184. The molecule has 1 aromatic rings. The molecule has 2 heterocycles. The van der Waals surface area contributed by atoms with E-state index < -0.39 is 0 Å². The Bertz CT molecular complexity index is 375. The third-order valence-corrected chi connectivity index (χ3v) is 2.80. The maximum Gasteiger partial charge on any atom is 0.153 e. The molecule has 4 nitrogen and oxygen atoms in total. The Morgan fingerprint density at radius 3 is 2.62 bits per heavy atom. The first-order valence-electron chi connectivity index (χ1n) is 5.38. The van der Waals surface area contributed by atoms with Crippen LogP contribution in [-0.4, -0.2) is 30.3 Å². The number of ether oxygens (including phenoxy) is 1. The Labute approximate surface area is 100 Å². The zero-order chi connectivity index (χ0) is 11.7. The van der Waals surface area contributed by atoms with Gasteiger partial charge in [-0.3, -0.25) is 0 Å². The van der Waals surface area contributed by atoms with Crippen molar-refractivity contribution in [3.8, 4) is 0 Å². The van der Waals surface area contributed by atoms with Crippen molar-refractivity contribution in [3.05, 3.63) is 17.3 Å². The Kier molecular flexibility index (Phi) is 3.21. The number of halogens is 1. The second kappa shape index (κ2) is 4.47. The monoisotopic (exact) mass is 241 g/mol. The molecule has 1 aromatic heterocycles. The molecule has 0 aromatic carbocycles. The molecule has 5 heteroatoms. The second-order valence-electron chi connectivity index (χ2n) is 4.21. The fourth-order valence-electron chi connectivity index (χ4n) is 2.04. The summed E-state index contributed by atoms with van der Waals surface area (Å²) in [6.07, 6.45) is 0.368. The van der Waals surface area contributed by atoms with Crippen molar-refractivity contribution in [3.63, 3.8) is 0 Å². The largest absolute Gasteiger partial charge is 0.396 e. The summed E-state index contributed by atoms with van der Waals surface area (Å²) in [6, 6.07) is 3.49. The van der Waals surface area contributed by atoms with Crippen LogP contribution >= 0.6 is 11.6 Å². The standard InChI is InChI=1S/C11H16ClN3O/c1-7-5-15(6-8(2)16-7)11-9(13)3-4-10(12)14-11/h3-4,7-8H,5-6,13H2,1-2H3. The zero-order valence-electron chi connectivity index (χ0n) is 9.48. The first-order valence-corrected chi connectivity index (χ1v) is 5.76. The molecule has 0 radical (unpaired) electrons. The summed E-state index contributed by atoms with van der Waals surface area (Å²) in [7, 11) is 0. The quantitative estimate of drug-likeness (QED) is 0.764. The molecule has 2 N–H and O–H groups in total. The van der Waals surface area contributed by atoms with E-state index in [0.29, 0.717) is 10.8 Å². The number of hydrogen-bond acceptors (Lipinski definition) is 4. The van der Waals surface area contributed by atoms with Gasteiger partial charge in [0.25, 0.3) is 0 Å². The molecular weight excluding hydrogens is 226 g/mol. The molecule has 1 fully saturated rings. The first-order chi connectivity index (χ1) is 7.56. The molecule has 2 rings (SSSR count). The van der Waals surface area contributed by atoms with Crippen LogP contribution in [0.2, 0.25) is 5.15 Å².